The van der Waals surface area contributed by atoms with Gasteiger partial charge in [-0.25, -0.2) is 0 Å². The highest BCUT2D eigenvalue weighted by atomic mass is 35.5. The van der Waals surface area contributed by atoms with Crippen LogP contribution < -0.4 is 5.73 Å². The Balaban J connectivity index is 3.72. The normalized spacial score (nSPS) is 16.8. The molecule has 0 saturated heterocycles. The molecule has 9 heavy (non-hydrogen) atoms. The van der Waals surface area contributed by atoms with Gasteiger partial charge < -0.3 is 15.9 Å². The Labute approximate surface area is 57.2 Å². The van der Waals surface area contributed by atoms with Crippen LogP contribution >= 0.6 is 11.6 Å². The number of carbonyl (C=O) groups excluding carboxylic acids is 1. The summed E-state index contributed by atoms with van der Waals surface area (Å²) in [7, 11) is 0. The lowest BCUT2D eigenvalue weighted by Crippen LogP contribution is -2.39. The predicted molar refractivity (Wildman–Crippen MR) is 31.9 cm³/mol. The first-order valence-corrected chi connectivity index (χ1v) is 2.84. The van der Waals surface area contributed by atoms with Crippen molar-refractivity contribution in [3.63, 3.8) is 0 Å². The second-order valence-electron chi connectivity index (χ2n) is 1.57. The van der Waals surface area contributed by atoms with E-state index in [2.05, 4.69) is 5.73 Å². The van der Waals surface area contributed by atoms with Crippen LogP contribution in [0.3, 0.4) is 0 Å². The number of nitrogens with two attached hydrogens (primary N) is 1. The molecule has 0 aliphatic heterocycles. The molecule has 0 aromatic carbocycles. The summed E-state index contributed by atoms with van der Waals surface area (Å²) in [5.74, 6) is -1.17. The topological polar surface area (TPSA) is 83.6 Å². The third kappa shape index (κ3) is 2.64. The minimum Gasteiger partial charge on any atom is -0.389 e. The minimum atomic E-state index is -1.55. The monoisotopic (exact) mass is 153 g/mol. The lowest BCUT2D eigenvalue weighted by molar-refractivity contribution is -0.130. The van der Waals surface area contributed by atoms with Crippen molar-refractivity contribution in [1.82, 2.24) is 0 Å². The van der Waals surface area contributed by atoms with Crippen molar-refractivity contribution in [2.24, 2.45) is 5.73 Å². The Morgan fingerprint density at radius 3 is 2.22 bits per heavy atom. The number of alkyl halides is 1. The van der Waals surface area contributed by atoms with Gasteiger partial charge in [-0.2, -0.15) is 0 Å². The highest BCUT2D eigenvalue weighted by Crippen LogP contribution is 1.94. The summed E-state index contributed by atoms with van der Waals surface area (Å²) in [6, 6.07) is 0. The van der Waals surface area contributed by atoms with Gasteiger partial charge in [0, 0.05) is 0 Å². The first-order valence-electron chi connectivity index (χ1n) is 2.31. The lowest BCUT2D eigenvalue weighted by Gasteiger charge is -2.09. The average molecular weight is 154 g/mol. The second-order valence-corrected chi connectivity index (χ2v) is 1.88. The van der Waals surface area contributed by atoms with Crippen molar-refractivity contribution in [2.75, 3.05) is 5.88 Å². The summed E-state index contributed by atoms with van der Waals surface area (Å²) >= 11 is 5.07. The molecule has 4 N–H and O–H groups in total. The molecule has 0 radical (unpaired) electrons. The van der Waals surface area contributed by atoms with Crippen molar-refractivity contribution in [1.29, 1.82) is 0 Å². The van der Waals surface area contributed by atoms with E-state index < -0.39 is 18.1 Å². The molecule has 0 rings (SSSR count). The van der Waals surface area contributed by atoms with E-state index in [4.69, 9.17) is 21.8 Å². The van der Waals surface area contributed by atoms with Crippen LogP contribution in [0.25, 0.3) is 0 Å². The van der Waals surface area contributed by atoms with E-state index in [0.29, 0.717) is 0 Å². The van der Waals surface area contributed by atoms with Crippen LogP contribution in [-0.2, 0) is 4.79 Å². The van der Waals surface area contributed by atoms with Gasteiger partial charge in [0.15, 0.2) is 6.10 Å². The molecule has 0 heterocycles. The number of amides is 1. The van der Waals surface area contributed by atoms with Gasteiger partial charge in [-0.1, -0.05) is 0 Å². The van der Waals surface area contributed by atoms with E-state index in [1.807, 2.05) is 0 Å². The van der Waals surface area contributed by atoms with E-state index in [1.54, 1.807) is 0 Å². The fraction of sp³-hybridized carbons (Fsp3) is 0.750. The molecule has 0 fully saturated rings. The molecule has 4 nitrogen and oxygen atoms in total. The van der Waals surface area contributed by atoms with Crippen LogP contribution in [0.1, 0.15) is 0 Å². The Bertz CT molecular complexity index is 108. The molecule has 0 aromatic rings. The van der Waals surface area contributed by atoms with Crippen molar-refractivity contribution in [2.45, 2.75) is 12.2 Å². The van der Waals surface area contributed by atoms with E-state index in [-0.39, 0.29) is 5.88 Å². The van der Waals surface area contributed by atoms with Gasteiger partial charge in [0.2, 0.25) is 5.91 Å². The maximum Gasteiger partial charge on any atom is 0.249 e. The SMILES string of the molecule is NC(=O)C(O)C(O)CCl. The summed E-state index contributed by atoms with van der Waals surface area (Å²) in [5, 5.41) is 17.2. The molecule has 2 atom stereocenters. The van der Waals surface area contributed by atoms with Crippen LogP contribution in [-0.4, -0.2) is 34.2 Å². The quantitative estimate of drug-likeness (QED) is 0.429. The van der Waals surface area contributed by atoms with Crippen molar-refractivity contribution < 1.29 is 15.0 Å². The first-order chi connectivity index (χ1) is 4.09. The lowest BCUT2D eigenvalue weighted by atomic mass is 10.2. The molecule has 0 bridgehead atoms. The predicted octanol–water partition coefficient (Wildman–Crippen LogP) is -1.57. The number of hydrogen-bond acceptors (Lipinski definition) is 3. The molecule has 0 aliphatic carbocycles. The van der Waals surface area contributed by atoms with Gasteiger partial charge in [0.25, 0.3) is 0 Å². The van der Waals surface area contributed by atoms with Crippen LogP contribution in [0.2, 0.25) is 0 Å². The summed E-state index contributed by atoms with van der Waals surface area (Å²) in [4.78, 5) is 10.1. The third-order valence-electron chi connectivity index (χ3n) is 0.814. The van der Waals surface area contributed by atoms with Gasteiger partial charge in [-0.15, -0.1) is 11.6 Å². The Hall–Kier alpha value is -0.320. The summed E-state index contributed by atoms with van der Waals surface area (Å²) in [5.41, 5.74) is 4.60. The smallest absolute Gasteiger partial charge is 0.249 e. The number of halogens is 1. The highest BCUT2D eigenvalue weighted by molar-refractivity contribution is 6.18. The number of carbonyl (C=O) groups is 1. The number of aliphatic hydroxyl groups is 2. The number of aliphatic hydroxyl groups excluding tert-OH is 2. The van der Waals surface area contributed by atoms with Crippen LogP contribution in [0, 0.1) is 0 Å². The van der Waals surface area contributed by atoms with Crippen molar-refractivity contribution >= 4 is 17.5 Å². The summed E-state index contributed by atoms with van der Waals surface area (Å²) < 4.78 is 0. The standard InChI is InChI=1S/C4H8ClNO3/c5-1-2(7)3(8)4(6)9/h2-3,7-8H,1H2,(H2,6,9). The maximum absolute atomic E-state index is 10.1. The van der Waals surface area contributed by atoms with Crippen LogP contribution in [0.4, 0.5) is 0 Å². The van der Waals surface area contributed by atoms with Gasteiger partial charge in [-0.05, 0) is 0 Å². The van der Waals surface area contributed by atoms with Gasteiger partial charge in [-0.3, -0.25) is 4.79 Å². The Morgan fingerprint density at radius 1 is 1.67 bits per heavy atom. The fourth-order valence-electron chi connectivity index (χ4n) is 0.274. The van der Waals surface area contributed by atoms with Gasteiger partial charge in [0.1, 0.15) is 6.10 Å². The number of rotatable bonds is 3. The zero-order valence-corrected chi connectivity index (χ0v) is 5.38. The molecule has 0 aromatic heterocycles. The first kappa shape index (κ1) is 8.68. The summed E-state index contributed by atoms with van der Waals surface area (Å²) in [6.45, 7) is 0. The Morgan fingerprint density at radius 2 is 2.11 bits per heavy atom. The summed E-state index contributed by atoms with van der Waals surface area (Å²) in [6.07, 6.45) is -2.81. The molecule has 0 saturated carbocycles. The van der Waals surface area contributed by atoms with Crippen molar-refractivity contribution in [3.8, 4) is 0 Å². The maximum atomic E-state index is 10.1. The van der Waals surface area contributed by atoms with E-state index in [0.717, 1.165) is 0 Å². The van der Waals surface area contributed by atoms with Crippen LogP contribution in [0.5, 0.6) is 0 Å². The molecular formula is C4H8ClNO3. The second kappa shape index (κ2) is 3.66. The third-order valence-corrected chi connectivity index (χ3v) is 1.13. The van der Waals surface area contributed by atoms with Gasteiger partial charge >= 0.3 is 0 Å². The average Bonchev–Trinajstić information content (AvgIpc) is 1.84. The molecular weight excluding hydrogens is 146 g/mol. The van der Waals surface area contributed by atoms with Gasteiger partial charge in [0.05, 0.1) is 5.88 Å². The molecule has 1 amide bonds. The largest absolute Gasteiger partial charge is 0.389 e. The fourth-order valence-corrected chi connectivity index (χ4v) is 0.443. The Kier molecular flexibility index (Phi) is 3.53. The zero-order valence-electron chi connectivity index (χ0n) is 4.62. The van der Waals surface area contributed by atoms with E-state index in [1.165, 1.54) is 0 Å². The van der Waals surface area contributed by atoms with Crippen LogP contribution in [0.15, 0.2) is 0 Å². The molecule has 5 heteroatoms. The van der Waals surface area contributed by atoms with E-state index >= 15 is 0 Å². The van der Waals surface area contributed by atoms with E-state index in [9.17, 15) is 4.79 Å². The molecule has 0 spiro atoms. The number of primary amides is 1. The molecule has 54 valence electrons. The molecule has 2 unspecified atom stereocenters. The number of hydrogen-bond donors (Lipinski definition) is 3. The minimum absolute atomic E-state index is 0.204. The zero-order chi connectivity index (χ0) is 7.44. The highest BCUT2D eigenvalue weighted by Gasteiger charge is 2.19. The molecule has 0 aliphatic rings. The van der Waals surface area contributed by atoms with Crippen molar-refractivity contribution in [3.05, 3.63) is 0 Å².